The Morgan fingerprint density at radius 3 is 2.50 bits per heavy atom. The van der Waals surface area contributed by atoms with Crippen LogP contribution in [-0.2, 0) is 5.54 Å². The second-order valence-corrected chi connectivity index (χ2v) is 4.99. The van der Waals surface area contributed by atoms with Crippen LogP contribution in [-0.4, -0.2) is 16.7 Å². The number of halogens is 2. The normalized spacial score (nSPS) is 13.8. The molecule has 1 aromatic heterocycles. The molecular formula is C15H16F2N2O. The number of aryl methyl sites for hydroxylation is 1. The van der Waals surface area contributed by atoms with Gasteiger partial charge in [0.05, 0.1) is 24.0 Å². The molecule has 1 heterocycles. The second kappa shape index (κ2) is 5.54. The van der Waals surface area contributed by atoms with Gasteiger partial charge >= 0.3 is 0 Å². The molecule has 2 N–H and O–H groups in total. The third-order valence-corrected chi connectivity index (χ3v) is 3.07. The van der Waals surface area contributed by atoms with Gasteiger partial charge in [-0.3, -0.25) is 4.98 Å². The van der Waals surface area contributed by atoms with Crippen LogP contribution in [0, 0.1) is 18.6 Å². The molecule has 3 nitrogen and oxygen atoms in total. The molecule has 0 saturated heterocycles. The molecule has 106 valence electrons. The molecule has 0 spiro atoms. The zero-order chi connectivity index (χ0) is 14.8. The molecule has 0 aliphatic rings. The van der Waals surface area contributed by atoms with E-state index in [0.717, 1.165) is 11.8 Å². The Labute approximate surface area is 116 Å². The number of hydrogen-bond donors (Lipinski definition) is 2. The van der Waals surface area contributed by atoms with E-state index in [1.807, 2.05) is 0 Å². The van der Waals surface area contributed by atoms with Gasteiger partial charge in [0.2, 0.25) is 0 Å². The minimum atomic E-state index is -0.923. The molecular weight excluding hydrogens is 262 g/mol. The molecule has 20 heavy (non-hydrogen) atoms. The molecule has 0 aliphatic carbocycles. The number of nitrogens with one attached hydrogen (secondary N) is 1. The maximum Gasteiger partial charge on any atom is 0.141 e. The molecule has 1 atom stereocenters. The third kappa shape index (κ3) is 3.11. The molecule has 1 unspecified atom stereocenters. The average Bonchev–Trinajstić information content (AvgIpc) is 2.38. The van der Waals surface area contributed by atoms with Gasteiger partial charge in [0.1, 0.15) is 11.6 Å². The van der Waals surface area contributed by atoms with Gasteiger partial charge in [0, 0.05) is 5.69 Å². The van der Waals surface area contributed by atoms with Crippen molar-refractivity contribution in [1.82, 2.24) is 4.98 Å². The SMILES string of the molecule is Cc1cc(F)cc(NC(C)(CO)c2ccc(F)cn2)c1. The van der Waals surface area contributed by atoms with Crippen molar-refractivity contribution in [3.8, 4) is 0 Å². The van der Waals surface area contributed by atoms with Gasteiger partial charge < -0.3 is 10.4 Å². The van der Waals surface area contributed by atoms with Crippen LogP contribution in [0.5, 0.6) is 0 Å². The number of aliphatic hydroxyl groups is 1. The predicted molar refractivity (Wildman–Crippen MR) is 73.4 cm³/mol. The molecule has 0 radical (unpaired) electrons. The van der Waals surface area contributed by atoms with E-state index in [9.17, 15) is 13.9 Å². The summed E-state index contributed by atoms with van der Waals surface area (Å²) < 4.78 is 26.3. The minimum absolute atomic E-state index is 0.263. The molecule has 2 rings (SSSR count). The Hall–Kier alpha value is -2.01. The molecule has 0 bridgehead atoms. The Balaban J connectivity index is 2.33. The van der Waals surface area contributed by atoms with Crippen LogP contribution in [0.15, 0.2) is 36.5 Å². The number of hydrogen-bond acceptors (Lipinski definition) is 3. The summed E-state index contributed by atoms with van der Waals surface area (Å²) in [6.07, 6.45) is 1.09. The zero-order valence-corrected chi connectivity index (χ0v) is 11.3. The highest BCUT2D eigenvalue weighted by Gasteiger charge is 2.27. The van der Waals surface area contributed by atoms with Crippen molar-refractivity contribution in [3.63, 3.8) is 0 Å². The van der Waals surface area contributed by atoms with E-state index >= 15 is 0 Å². The second-order valence-electron chi connectivity index (χ2n) is 4.99. The monoisotopic (exact) mass is 278 g/mol. The fourth-order valence-electron chi connectivity index (χ4n) is 2.01. The first kappa shape index (κ1) is 14.4. The quantitative estimate of drug-likeness (QED) is 0.903. The molecule has 0 amide bonds. The highest BCUT2D eigenvalue weighted by atomic mass is 19.1. The number of benzene rings is 1. The summed E-state index contributed by atoms with van der Waals surface area (Å²) in [5.74, 6) is -0.810. The van der Waals surface area contributed by atoms with Gasteiger partial charge in [-0.25, -0.2) is 8.78 Å². The maximum absolute atomic E-state index is 13.4. The lowest BCUT2D eigenvalue weighted by Crippen LogP contribution is -2.36. The molecule has 1 aromatic carbocycles. The van der Waals surface area contributed by atoms with Crippen molar-refractivity contribution in [2.24, 2.45) is 0 Å². The summed E-state index contributed by atoms with van der Waals surface area (Å²) in [7, 11) is 0. The van der Waals surface area contributed by atoms with Gasteiger partial charge in [-0.15, -0.1) is 0 Å². The Kier molecular flexibility index (Phi) is 3.99. The summed E-state index contributed by atoms with van der Waals surface area (Å²) in [5, 5.41) is 12.7. The number of anilines is 1. The fraction of sp³-hybridized carbons (Fsp3) is 0.267. The van der Waals surface area contributed by atoms with Crippen LogP contribution in [0.1, 0.15) is 18.2 Å². The smallest absolute Gasteiger partial charge is 0.141 e. The van der Waals surface area contributed by atoms with E-state index in [2.05, 4.69) is 10.3 Å². The standard InChI is InChI=1S/C15H16F2N2O/c1-10-5-12(17)7-13(6-10)19-15(2,9-20)14-4-3-11(16)8-18-14/h3-8,19-20H,9H2,1-2H3. The van der Waals surface area contributed by atoms with Crippen LogP contribution in [0.2, 0.25) is 0 Å². The number of aliphatic hydroxyl groups excluding tert-OH is 1. The molecule has 0 aliphatic heterocycles. The molecule has 2 aromatic rings. The lowest BCUT2D eigenvalue weighted by atomic mass is 9.97. The minimum Gasteiger partial charge on any atom is -0.394 e. The first-order valence-electron chi connectivity index (χ1n) is 6.21. The summed E-state index contributed by atoms with van der Waals surface area (Å²) in [6.45, 7) is 3.23. The summed E-state index contributed by atoms with van der Waals surface area (Å²) >= 11 is 0. The van der Waals surface area contributed by atoms with Crippen molar-refractivity contribution in [3.05, 3.63) is 59.4 Å². The Bertz CT molecular complexity index is 581. The van der Waals surface area contributed by atoms with Crippen LogP contribution in [0.4, 0.5) is 14.5 Å². The number of nitrogens with zero attached hydrogens (tertiary/aromatic N) is 1. The summed E-state index contributed by atoms with van der Waals surface area (Å²) in [4.78, 5) is 3.97. The van der Waals surface area contributed by atoms with Crippen molar-refractivity contribution in [1.29, 1.82) is 0 Å². The number of aromatic nitrogens is 1. The lowest BCUT2D eigenvalue weighted by Gasteiger charge is -2.29. The number of rotatable bonds is 4. The van der Waals surface area contributed by atoms with Gasteiger partial charge in [-0.1, -0.05) is 0 Å². The first-order chi connectivity index (χ1) is 9.43. The van der Waals surface area contributed by atoms with E-state index < -0.39 is 11.4 Å². The molecule has 0 fully saturated rings. The topological polar surface area (TPSA) is 45.1 Å². The van der Waals surface area contributed by atoms with Gasteiger partial charge in [-0.2, -0.15) is 0 Å². The van der Waals surface area contributed by atoms with Crippen molar-refractivity contribution >= 4 is 5.69 Å². The van der Waals surface area contributed by atoms with Gasteiger partial charge in [0.25, 0.3) is 0 Å². The predicted octanol–water partition coefficient (Wildman–Crippen LogP) is 2.99. The summed E-state index contributed by atoms with van der Waals surface area (Å²) in [6, 6.07) is 7.28. The van der Waals surface area contributed by atoms with Crippen LogP contribution < -0.4 is 5.32 Å². The number of pyridine rings is 1. The van der Waals surface area contributed by atoms with Gasteiger partial charge in [-0.05, 0) is 49.7 Å². The zero-order valence-electron chi connectivity index (χ0n) is 11.3. The highest BCUT2D eigenvalue weighted by molar-refractivity contribution is 5.49. The lowest BCUT2D eigenvalue weighted by molar-refractivity contribution is 0.221. The first-order valence-corrected chi connectivity index (χ1v) is 6.21. The van der Waals surface area contributed by atoms with E-state index in [4.69, 9.17) is 0 Å². The molecule has 5 heteroatoms. The highest BCUT2D eigenvalue weighted by Crippen LogP contribution is 2.25. The molecule has 0 saturated carbocycles. The van der Waals surface area contributed by atoms with Crippen molar-refractivity contribution < 1.29 is 13.9 Å². The largest absolute Gasteiger partial charge is 0.394 e. The van der Waals surface area contributed by atoms with Crippen molar-refractivity contribution in [2.45, 2.75) is 19.4 Å². The average molecular weight is 278 g/mol. The fourth-order valence-corrected chi connectivity index (χ4v) is 2.01. The Morgan fingerprint density at radius 2 is 1.95 bits per heavy atom. The Morgan fingerprint density at radius 1 is 1.20 bits per heavy atom. The van der Waals surface area contributed by atoms with E-state index in [0.29, 0.717) is 11.4 Å². The maximum atomic E-state index is 13.4. The van der Waals surface area contributed by atoms with Crippen LogP contribution in [0.25, 0.3) is 0 Å². The van der Waals surface area contributed by atoms with E-state index in [1.54, 1.807) is 19.9 Å². The van der Waals surface area contributed by atoms with Crippen LogP contribution in [0.3, 0.4) is 0 Å². The third-order valence-electron chi connectivity index (χ3n) is 3.07. The van der Waals surface area contributed by atoms with Crippen LogP contribution >= 0.6 is 0 Å². The van der Waals surface area contributed by atoms with Gasteiger partial charge in [0.15, 0.2) is 0 Å². The summed E-state index contributed by atoms with van der Waals surface area (Å²) in [5.41, 5.74) is 0.849. The van der Waals surface area contributed by atoms with Crippen molar-refractivity contribution in [2.75, 3.05) is 11.9 Å². The van der Waals surface area contributed by atoms with E-state index in [-0.39, 0.29) is 12.4 Å². The van der Waals surface area contributed by atoms with E-state index in [1.165, 1.54) is 24.3 Å².